The number of thiophene rings is 1. The molecule has 3 rings (SSSR count). The molecule has 2 saturated heterocycles. The summed E-state index contributed by atoms with van der Waals surface area (Å²) in [5.74, 6) is -2.42. The van der Waals surface area contributed by atoms with Crippen LogP contribution in [0.3, 0.4) is 0 Å². The van der Waals surface area contributed by atoms with Crippen LogP contribution in [0.5, 0.6) is 0 Å². The maximum Gasteiger partial charge on any atom is 0.490 e. The number of likely N-dealkylation sites (tertiary alicyclic amines) is 2. The Balaban J connectivity index is 0.000000321. The van der Waals surface area contributed by atoms with Gasteiger partial charge in [-0.05, 0) is 43.7 Å². The van der Waals surface area contributed by atoms with Gasteiger partial charge < -0.3 is 10.0 Å². The molecule has 1 N–H and O–H groups in total. The number of aliphatic carboxylic acids is 1. The lowest BCUT2D eigenvalue weighted by atomic mass is 9.77. The summed E-state index contributed by atoms with van der Waals surface area (Å²) in [5.41, 5.74) is 0.0986. The molecule has 1 aromatic rings. The number of nitrogens with zero attached hydrogens (tertiary/aromatic N) is 2. The summed E-state index contributed by atoms with van der Waals surface area (Å²) in [6, 6.07) is 4.86. The zero-order valence-electron chi connectivity index (χ0n) is 15.5. The first kappa shape index (κ1) is 21.7. The van der Waals surface area contributed by atoms with Gasteiger partial charge >= 0.3 is 12.1 Å². The number of alkyl halides is 3. The predicted octanol–water partition coefficient (Wildman–Crippen LogP) is 3.75. The average molecular weight is 406 g/mol. The number of hydrogen-bond acceptors (Lipinski definition) is 4. The normalized spacial score (nSPS) is 26.2. The fourth-order valence-electron chi connectivity index (χ4n) is 4.27. The number of carboxylic acids is 1. The second-order valence-electron chi connectivity index (χ2n) is 6.94. The fraction of sp³-hybridized carbons (Fsp3) is 0.667. The van der Waals surface area contributed by atoms with E-state index in [1.807, 2.05) is 18.4 Å². The van der Waals surface area contributed by atoms with Crippen LogP contribution in [0, 0.1) is 0 Å². The number of piperidine rings is 1. The van der Waals surface area contributed by atoms with Crippen molar-refractivity contribution < 1.29 is 27.9 Å². The van der Waals surface area contributed by atoms with Crippen molar-refractivity contribution in [3.8, 4) is 0 Å². The number of hydrogen-bond donors (Lipinski definition) is 1. The van der Waals surface area contributed by atoms with Crippen molar-refractivity contribution in [2.24, 2.45) is 0 Å². The van der Waals surface area contributed by atoms with E-state index in [1.54, 1.807) is 0 Å². The molecule has 1 aromatic heterocycles. The molecule has 1 spiro atoms. The molecule has 9 heteroatoms. The van der Waals surface area contributed by atoms with Crippen molar-refractivity contribution >= 4 is 23.2 Å². The van der Waals surface area contributed by atoms with Gasteiger partial charge in [0, 0.05) is 30.9 Å². The molecule has 3 heterocycles. The van der Waals surface area contributed by atoms with Gasteiger partial charge in [-0.1, -0.05) is 13.0 Å². The molecule has 0 unspecified atom stereocenters. The summed E-state index contributed by atoms with van der Waals surface area (Å²) < 4.78 is 31.7. The number of carboxylic acid groups (broad SMARTS) is 1. The summed E-state index contributed by atoms with van der Waals surface area (Å²) in [6.45, 7) is 4.48. The summed E-state index contributed by atoms with van der Waals surface area (Å²) in [7, 11) is 2.02. The first-order chi connectivity index (χ1) is 12.6. The van der Waals surface area contributed by atoms with E-state index in [2.05, 4.69) is 34.2 Å². The minimum Gasteiger partial charge on any atom is -0.475 e. The quantitative estimate of drug-likeness (QED) is 0.831. The first-order valence-electron chi connectivity index (χ1n) is 8.95. The lowest BCUT2D eigenvalue weighted by Gasteiger charge is -2.51. The minimum atomic E-state index is -5.08. The number of carbonyl (C=O) groups is 2. The smallest absolute Gasteiger partial charge is 0.475 e. The van der Waals surface area contributed by atoms with E-state index in [-0.39, 0.29) is 5.54 Å². The third-order valence-corrected chi connectivity index (χ3v) is 6.36. The maximum atomic E-state index is 12.0. The number of rotatable bonds is 3. The zero-order chi connectivity index (χ0) is 20.2. The van der Waals surface area contributed by atoms with Crippen molar-refractivity contribution in [1.29, 1.82) is 0 Å². The van der Waals surface area contributed by atoms with Gasteiger partial charge in [-0.15, -0.1) is 11.3 Å². The molecule has 0 saturated carbocycles. The Hall–Kier alpha value is -1.61. The topological polar surface area (TPSA) is 60.9 Å². The van der Waals surface area contributed by atoms with Crippen molar-refractivity contribution in [2.45, 2.75) is 63.3 Å². The SMILES string of the molecule is CC[C@@H]1N(Cc2cccs2)CCC[C@]12CCC(=O)N2C.O=C(O)C(F)(F)F. The Kier molecular flexibility index (Phi) is 6.91. The van der Waals surface area contributed by atoms with E-state index in [4.69, 9.17) is 9.90 Å². The van der Waals surface area contributed by atoms with Gasteiger partial charge in [0.2, 0.25) is 5.91 Å². The lowest BCUT2D eigenvalue weighted by Crippen LogP contribution is -2.61. The van der Waals surface area contributed by atoms with Crippen molar-refractivity contribution in [1.82, 2.24) is 9.80 Å². The molecule has 5 nitrogen and oxygen atoms in total. The summed E-state index contributed by atoms with van der Waals surface area (Å²) in [5, 5.41) is 9.28. The van der Waals surface area contributed by atoms with Gasteiger partial charge in [-0.3, -0.25) is 9.69 Å². The molecule has 2 aliphatic rings. The summed E-state index contributed by atoms with van der Waals surface area (Å²) in [6.07, 6.45) is 0.207. The van der Waals surface area contributed by atoms with E-state index in [0.717, 1.165) is 25.8 Å². The molecule has 152 valence electrons. The van der Waals surface area contributed by atoms with Crippen LogP contribution in [0.25, 0.3) is 0 Å². The Morgan fingerprint density at radius 1 is 1.41 bits per heavy atom. The third kappa shape index (κ3) is 4.82. The highest BCUT2D eigenvalue weighted by molar-refractivity contribution is 7.09. The number of carbonyl (C=O) groups excluding carboxylic acids is 1. The molecular weight excluding hydrogens is 381 g/mol. The van der Waals surface area contributed by atoms with Crippen LogP contribution in [-0.4, -0.2) is 58.1 Å². The van der Waals surface area contributed by atoms with Crippen molar-refractivity contribution in [3.05, 3.63) is 22.4 Å². The molecule has 2 aliphatic heterocycles. The zero-order valence-corrected chi connectivity index (χ0v) is 16.3. The molecule has 0 aromatic carbocycles. The third-order valence-electron chi connectivity index (χ3n) is 5.50. The van der Waals surface area contributed by atoms with Crippen molar-refractivity contribution in [2.75, 3.05) is 13.6 Å². The highest BCUT2D eigenvalue weighted by Crippen LogP contribution is 2.42. The maximum absolute atomic E-state index is 12.0. The second kappa shape index (κ2) is 8.60. The summed E-state index contributed by atoms with van der Waals surface area (Å²) in [4.78, 5) is 27.1. The minimum absolute atomic E-state index is 0.0986. The molecule has 1 amide bonds. The van der Waals surface area contributed by atoms with Gasteiger partial charge in [-0.2, -0.15) is 13.2 Å². The van der Waals surface area contributed by atoms with E-state index in [1.165, 1.54) is 24.3 Å². The van der Waals surface area contributed by atoms with Gasteiger partial charge in [0.15, 0.2) is 0 Å². The monoisotopic (exact) mass is 406 g/mol. The highest BCUT2D eigenvalue weighted by atomic mass is 32.1. The molecule has 0 aliphatic carbocycles. The first-order valence-corrected chi connectivity index (χ1v) is 9.83. The van der Waals surface area contributed by atoms with Crippen LogP contribution in [0.15, 0.2) is 17.5 Å². The largest absolute Gasteiger partial charge is 0.490 e. The standard InChI is InChI=1S/C16H24N2OS.C2HF3O2/c1-3-14-16(9-7-15(19)17(16)2)8-5-10-18(14)12-13-6-4-11-20-13;3-2(4,5)1(6)7/h4,6,11,14H,3,5,7-10,12H2,1-2H3;(H,6,7)/t14-,16-;/m0./s1. The van der Waals surface area contributed by atoms with E-state index in [0.29, 0.717) is 11.9 Å². The number of amides is 1. The lowest BCUT2D eigenvalue weighted by molar-refractivity contribution is -0.192. The van der Waals surface area contributed by atoms with Gasteiger partial charge in [-0.25, -0.2) is 4.79 Å². The predicted molar refractivity (Wildman–Crippen MR) is 96.5 cm³/mol. The van der Waals surface area contributed by atoms with E-state index < -0.39 is 12.1 Å². The number of halogens is 3. The van der Waals surface area contributed by atoms with Crippen LogP contribution in [-0.2, 0) is 16.1 Å². The Morgan fingerprint density at radius 3 is 2.52 bits per heavy atom. The van der Waals surface area contributed by atoms with Crippen LogP contribution >= 0.6 is 11.3 Å². The molecule has 0 radical (unpaired) electrons. The van der Waals surface area contributed by atoms with Crippen LogP contribution < -0.4 is 0 Å². The van der Waals surface area contributed by atoms with Gasteiger partial charge in [0.25, 0.3) is 0 Å². The Bertz CT molecular complexity index is 651. The Morgan fingerprint density at radius 2 is 2.07 bits per heavy atom. The van der Waals surface area contributed by atoms with Crippen LogP contribution in [0.1, 0.15) is 43.9 Å². The van der Waals surface area contributed by atoms with Gasteiger partial charge in [0.05, 0.1) is 5.54 Å². The number of likely N-dealkylation sites (N-methyl/N-ethyl adjacent to an activating group) is 1. The molecule has 2 fully saturated rings. The van der Waals surface area contributed by atoms with E-state index in [9.17, 15) is 18.0 Å². The van der Waals surface area contributed by atoms with Crippen molar-refractivity contribution in [3.63, 3.8) is 0 Å². The Labute approximate surface area is 160 Å². The van der Waals surface area contributed by atoms with E-state index >= 15 is 0 Å². The highest BCUT2D eigenvalue weighted by Gasteiger charge is 2.51. The fourth-order valence-corrected chi connectivity index (χ4v) is 5.00. The summed E-state index contributed by atoms with van der Waals surface area (Å²) >= 11 is 1.84. The molecule has 2 atom stereocenters. The average Bonchev–Trinajstić information content (AvgIpc) is 3.20. The van der Waals surface area contributed by atoms with Crippen LogP contribution in [0.2, 0.25) is 0 Å². The second-order valence-corrected chi connectivity index (χ2v) is 7.97. The van der Waals surface area contributed by atoms with Gasteiger partial charge in [0.1, 0.15) is 0 Å². The molecule has 27 heavy (non-hydrogen) atoms. The van der Waals surface area contributed by atoms with Crippen LogP contribution in [0.4, 0.5) is 13.2 Å². The molecule has 0 bridgehead atoms. The molecular formula is C18H25F3N2O3S.